The molecule has 0 aliphatic rings. The van der Waals surface area contributed by atoms with E-state index >= 15 is 0 Å². The van der Waals surface area contributed by atoms with E-state index < -0.39 is 5.92 Å². The van der Waals surface area contributed by atoms with Gasteiger partial charge in [0.15, 0.2) is 0 Å². The van der Waals surface area contributed by atoms with Gasteiger partial charge in [-0.2, -0.15) is 0 Å². The molecular weight excluding hydrogens is 356 g/mol. The quantitative estimate of drug-likeness (QED) is 0.685. The van der Waals surface area contributed by atoms with Crippen molar-refractivity contribution in [3.8, 4) is 0 Å². The van der Waals surface area contributed by atoms with Crippen molar-refractivity contribution in [2.75, 3.05) is 5.32 Å². The highest BCUT2D eigenvalue weighted by Gasteiger charge is 2.23. The molecule has 0 saturated heterocycles. The minimum absolute atomic E-state index is 0.194. The van der Waals surface area contributed by atoms with Crippen LogP contribution in [0, 0.1) is 13.8 Å². The molecule has 0 saturated carbocycles. The molecule has 0 aliphatic carbocycles. The first kappa shape index (κ1) is 19.3. The van der Waals surface area contributed by atoms with Crippen molar-refractivity contribution in [3.05, 3.63) is 76.9 Å². The highest BCUT2D eigenvalue weighted by Crippen LogP contribution is 2.24. The van der Waals surface area contributed by atoms with Gasteiger partial charge in [-0.1, -0.05) is 17.3 Å². The average molecular weight is 378 g/mol. The lowest BCUT2D eigenvalue weighted by Gasteiger charge is -2.13. The maximum Gasteiger partial charge on any atom is 0.251 e. The number of nitrogens with one attached hydrogen (secondary N) is 2. The molecule has 0 fully saturated rings. The third-order valence-electron chi connectivity index (χ3n) is 4.46. The molecule has 1 unspecified atom stereocenters. The molecular formula is C21H22N4O3. The summed E-state index contributed by atoms with van der Waals surface area (Å²) in [5.41, 5.74) is 3.26. The molecule has 28 heavy (non-hydrogen) atoms. The van der Waals surface area contributed by atoms with Gasteiger partial charge in [0, 0.05) is 23.0 Å². The minimum Gasteiger partial charge on any atom is -0.361 e. The Balaban J connectivity index is 1.65. The van der Waals surface area contributed by atoms with E-state index in [1.807, 2.05) is 25.1 Å². The second kappa shape index (κ2) is 8.47. The van der Waals surface area contributed by atoms with Crippen molar-refractivity contribution in [2.45, 2.75) is 33.2 Å². The number of anilines is 1. The maximum absolute atomic E-state index is 12.6. The molecule has 1 aromatic carbocycles. The number of carbonyl (C=O) groups is 2. The molecule has 0 aliphatic heterocycles. The third kappa shape index (κ3) is 4.43. The van der Waals surface area contributed by atoms with Crippen molar-refractivity contribution in [1.82, 2.24) is 15.5 Å². The van der Waals surface area contributed by atoms with Gasteiger partial charge < -0.3 is 15.2 Å². The molecule has 2 N–H and O–H groups in total. The molecule has 0 bridgehead atoms. The molecule has 3 rings (SSSR count). The first-order valence-corrected chi connectivity index (χ1v) is 8.97. The zero-order valence-corrected chi connectivity index (χ0v) is 16.0. The zero-order chi connectivity index (χ0) is 20.1. The van der Waals surface area contributed by atoms with E-state index in [1.54, 1.807) is 44.3 Å². The number of rotatable bonds is 6. The Bertz CT molecular complexity index is 963. The Labute approximate surface area is 163 Å². The van der Waals surface area contributed by atoms with Gasteiger partial charge in [0.25, 0.3) is 5.91 Å². The molecule has 2 heterocycles. The SMILES string of the molecule is Cc1noc(C)c1C(C)C(=O)Nc1cccc(C(=O)NCc2ccccn2)c1. The van der Waals surface area contributed by atoms with Gasteiger partial charge >= 0.3 is 0 Å². The van der Waals surface area contributed by atoms with Crippen LogP contribution in [-0.4, -0.2) is 22.0 Å². The summed E-state index contributed by atoms with van der Waals surface area (Å²) in [6.45, 7) is 5.72. The summed E-state index contributed by atoms with van der Waals surface area (Å²) >= 11 is 0. The molecule has 7 heteroatoms. The van der Waals surface area contributed by atoms with Crippen molar-refractivity contribution < 1.29 is 14.1 Å². The van der Waals surface area contributed by atoms with Crippen LogP contribution in [0.3, 0.4) is 0 Å². The topological polar surface area (TPSA) is 97.1 Å². The first-order chi connectivity index (χ1) is 13.5. The number of aromatic nitrogens is 2. The Morgan fingerprint density at radius 1 is 1.14 bits per heavy atom. The largest absolute Gasteiger partial charge is 0.361 e. The van der Waals surface area contributed by atoms with Crippen LogP contribution in [0.1, 0.15) is 45.9 Å². The molecule has 7 nitrogen and oxygen atoms in total. The first-order valence-electron chi connectivity index (χ1n) is 8.97. The predicted octanol–water partition coefficient (Wildman–Crippen LogP) is 3.36. The Morgan fingerprint density at radius 2 is 1.96 bits per heavy atom. The zero-order valence-electron chi connectivity index (χ0n) is 16.0. The number of pyridine rings is 1. The molecule has 144 valence electrons. The minimum atomic E-state index is -0.423. The van der Waals surface area contributed by atoms with Crippen molar-refractivity contribution in [3.63, 3.8) is 0 Å². The van der Waals surface area contributed by atoms with Crippen LogP contribution in [0.25, 0.3) is 0 Å². The maximum atomic E-state index is 12.6. The fourth-order valence-corrected chi connectivity index (χ4v) is 3.00. The van der Waals surface area contributed by atoms with Gasteiger partial charge in [0.1, 0.15) is 5.76 Å². The summed E-state index contributed by atoms with van der Waals surface area (Å²) in [6, 6.07) is 12.3. The fourth-order valence-electron chi connectivity index (χ4n) is 3.00. The molecule has 2 aromatic heterocycles. The second-order valence-electron chi connectivity index (χ2n) is 6.53. The summed E-state index contributed by atoms with van der Waals surface area (Å²) in [7, 11) is 0. The monoisotopic (exact) mass is 378 g/mol. The van der Waals surface area contributed by atoms with E-state index in [9.17, 15) is 9.59 Å². The van der Waals surface area contributed by atoms with Gasteiger partial charge in [-0.15, -0.1) is 0 Å². The fraction of sp³-hybridized carbons (Fsp3) is 0.238. The molecule has 0 spiro atoms. The number of benzene rings is 1. The van der Waals surface area contributed by atoms with Crippen molar-refractivity contribution in [2.24, 2.45) is 0 Å². The highest BCUT2D eigenvalue weighted by atomic mass is 16.5. The Kier molecular flexibility index (Phi) is 5.84. The Hall–Kier alpha value is -3.48. The third-order valence-corrected chi connectivity index (χ3v) is 4.46. The highest BCUT2D eigenvalue weighted by molar-refractivity contribution is 5.99. The average Bonchev–Trinajstić information content (AvgIpc) is 3.04. The molecule has 1 atom stereocenters. The summed E-state index contributed by atoms with van der Waals surface area (Å²) in [5.74, 6) is -0.225. The van der Waals surface area contributed by atoms with Crippen LogP contribution in [0.4, 0.5) is 5.69 Å². The van der Waals surface area contributed by atoms with E-state index in [-0.39, 0.29) is 11.8 Å². The Morgan fingerprint density at radius 3 is 2.64 bits per heavy atom. The van der Waals surface area contributed by atoms with Gasteiger partial charge in [0.2, 0.25) is 5.91 Å². The van der Waals surface area contributed by atoms with E-state index in [0.29, 0.717) is 29.2 Å². The number of carbonyl (C=O) groups excluding carboxylic acids is 2. The summed E-state index contributed by atoms with van der Waals surface area (Å²) in [4.78, 5) is 29.2. The number of aryl methyl sites for hydroxylation is 2. The van der Waals surface area contributed by atoms with Crippen LogP contribution < -0.4 is 10.6 Å². The molecule has 2 amide bonds. The number of hydrogen-bond donors (Lipinski definition) is 2. The lowest BCUT2D eigenvalue weighted by Crippen LogP contribution is -2.24. The van der Waals surface area contributed by atoms with Gasteiger partial charge in [-0.3, -0.25) is 14.6 Å². The van der Waals surface area contributed by atoms with E-state index in [0.717, 1.165) is 11.3 Å². The van der Waals surface area contributed by atoms with Crippen LogP contribution in [-0.2, 0) is 11.3 Å². The number of hydrogen-bond acceptors (Lipinski definition) is 5. The van der Waals surface area contributed by atoms with E-state index in [4.69, 9.17) is 4.52 Å². The predicted molar refractivity (Wildman–Crippen MR) is 105 cm³/mol. The standard InChI is InChI=1S/C21H22N4O3/c1-13(19-14(2)25-28-15(19)3)20(26)24-17-9-6-7-16(11-17)21(27)23-12-18-8-4-5-10-22-18/h4-11,13H,12H2,1-3H3,(H,23,27)(H,24,26). The van der Waals surface area contributed by atoms with Crippen LogP contribution in [0.5, 0.6) is 0 Å². The van der Waals surface area contributed by atoms with Crippen molar-refractivity contribution >= 4 is 17.5 Å². The summed E-state index contributed by atoms with van der Waals surface area (Å²) in [5, 5.41) is 9.57. The molecule has 0 radical (unpaired) electrons. The second-order valence-corrected chi connectivity index (χ2v) is 6.53. The normalized spacial score (nSPS) is 11.7. The lowest BCUT2D eigenvalue weighted by atomic mass is 9.98. The van der Waals surface area contributed by atoms with E-state index in [2.05, 4.69) is 20.8 Å². The summed E-state index contributed by atoms with van der Waals surface area (Å²) < 4.78 is 5.14. The van der Waals surface area contributed by atoms with Crippen molar-refractivity contribution in [1.29, 1.82) is 0 Å². The van der Waals surface area contributed by atoms with Gasteiger partial charge in [0.05, 0.1) is 23.9 Å². The van der Waals surface area contributed by atoms with Crippen LogP contribution in [0.15, 0.2) is 53.2 Å². The smallest absolute Gasteiger partial charge is 0.251 e. The van der Waals surface area contributed by atoms with Gasteiger partial charge in [-0.05, 0) is 51.1 Å². The lowest BCUT2D eigenvalue weighted by molar-refractivity contribution is -0.117. The van der Waals surface area contributed by atoms with E-state index in [1.165, 1.54) is 0 Å². The summed E-state index contributed by atoms with van der Waals surface area (Å²) in [6.07, 6.45) is 1.68. The van der Waals surface area contributed by atoms with Crippen LogP contribution in [0.2, 0.25) is 0 Å². The number of amides is 2. The van der Waals surface area contributed by atoms with Crippen LogP contribution >= 0.6 is 0 Å². The number of nitrogens with zero attached hydrogens (tertiary/aromatic N) is 2. The molecule has 3 aromatic rings. The van der Waals surface area contributed by atoms with Gasteiger partial charge in [-0.25, -0.2) is 0 Å².